The molecular weight excluding hydrogens is 210 g/mol. The molecule has 82 valence electrons. The van der Waals surface area contributed by atoms with Crippen LogP contribution in [0.3, 0.4) is 0 Å². The molecule has 4 heteroatoms. The first-order valence-corrected chi connectivity index (χ1v) is 5.80. The molecular formula is C11H16ClN3. The number of anilines is 1. The summed E-state index contributed by atoms with van der Waals surface area (Å²) < 4.78 is 0. The first-order valence-electron chi connectivity index (χ1n) is 5.42. The summed E-state index contributed by atoms with van der Waals surface area (Å²) >= 11 is 5.76. The lowest BCUT2D eigenvalue weighted by atomic mass is 9.75. The fourth-order valence-corrected chi connectivity index (χ4v) is 2.27. The third-order valence-electron chi connectivity index (χ3n) is 3.49. The minimum absolute atomic E-state index is 0.331. The van der Waals surface area contributed by atoms with Crippen LogP contribution in [-0.4, -0.2) is 23.1 Å². The highest BCUT2D eigenvalue weighted by atomic mass is 35.5. The molecule has 3 nitrogen and oxygen atoms in total. The van der Waals surface area contributed by atoms with Crippen molar-refractivity contribution in [1.29, 1.82) is 0 Å². The van der Waals surface area contributed by atoms with Crippen LogP contribution in [0.2, 0.25) is 5.28 Å². The van der Waals surface area contributed by atoms with Crippen molar-refractivity contribution in [1.82, 2.24) is 9.97 Å². The van der Waals surface area contributed by atoms with Gasteiger partial charge in [0.25, 0.3) is 0 Å². The van der Waals surface area contributed by atoms with Crippen molar-refractivity contribution in [2.24, 2.45) is 5.41 Å². The second-order valence-corrected chi connectivity index (χ2v) is 4.59. The van der Waals surface area contributed by atoms with Gasteiger partial charge in [-0.15, -0.1) is 0 Å². The molecule has 0 spiro atoms. The highest BCUT2D eigenvalue weighted by Gasteiger charge is 2.40. The Labute approximate surface area is 95.5 Å². The standard InChI is InChI=1S/C11H16ClN3/c1-3-11(4-2)7-15(8-11)9-5-6-13-10(12)14-9/h5-6H,3-4,7-8H2,1-2H3. The summed E-state index contributed by atoms with van der Waals surface area (Å²) in [4.78, 5) is 10.4. The Kier molecular flexibility index (Phi) is 2.83. The zero-order valence-corrected chi connectivity index (χ0v) is 9.96. The molecule has 0 aromatic carbocycles. The van der Waals surface area contributed by atoms with Crippen LogP contribution in [0, 0.1) is 5.41 Å². The summed E-state index contributed by atoms with van der Waals surface area (Å²) in [6, 6.07) is 1.92. The van der Waals surface area contributed by atoms with Gasteiger partial charge in [-0.05, 0) is 30.5 Å². The van der Waals surface area contributed by atoms with Crippen LogP contribution in [0.1, 0.15) is 26.7 Å². The number of aromatic nitrogens is 2. The molecule has 0 bridgehead atoms. The molecule has 1 aromatic heterocycles. The summed E-state index contributed by atoms with van der Waals surface area (Å²) in [5.74, 6) is 0.951. The van der Waals surface area contributed by atoms with Crippen LogP contribution in [0.5, 0.6) is 0 Å². The second-order valence-electron chi connectivity index (χ2n) is 4.25. The lowest BCUT2D eigenvalue weighted by molar-refractivity contribution is 0.193. The summed E-state index contributed by atoms with van der Waals surface area (Å²) in [5.41, 5.74) is 0.497. The molecule has 1 aliphatic heterocycles. The Morgan fingerprint density at radius 3 is 2.60 bits per heavy atom. The molecule has 0 radical (unpaired) electrons. The van der Waals surface area contributed by atoms with Crippen molar-refractivity contribution in [3.05, 3.63) is 17.5 Å². The van der Waals surface area contributed by atoms with Crippen molar-refractivity contribution in [3.8, 4) is 0 Å². The van der Waals surface area contributed by atoms with Gasteiger partial charge in [0.2, 0.25) is 5.28 Å². The van der Waals surface area contributed by atoms with Gasteiger partial charge in [0, 0.05) is 24.7 Å². The van der Waals surface area contributed by atoms with E-state index in [1.165, 1.54) is 12.8 Å². The Bertz CT molecular complexity index is 341. The van der Waals surface area contributed by atoms with Crippen LogP contribution in [0.15, 0.2) is 12.3 Å². The van der Waals surface area contributed by atoms with E-state index in [4.69, 9.17) is 11.6 Å². The number of nitrogens with zero attached hydrogens (tertiary/aromatic N) is 3. The third kappa shape index (κ3) is 1.93. The summed E-state index contributed by atoms with van der Waals surface area (Å²) in [6.45, 7) is 6.70. The molecule has 0 amide bonds. The maximum atomic E-state index is 5.76. The maximum Gasteiger partial charge on any atom is 0.224 e. The maximum absolute atomic E-state index is 5.76. The minimum atomic E-state index is 0.331. The van der Waals surface area contributed by atoms with Crippen LogP contribution in [-0.2, 0) is 0 Å². The van der Waals surface area contributed by atoms with Crippen molar-refractivity contribution < 1.29 is 0 Å². The highest BCUT2D eigenvalue weighted by Crippen LogP contribution is 2.39. The fraction of sp³-hybridized carbons (Fsp3) is 0.636. The summed E-state index contributed by atoms with van der Waals surface area (Å²) in [6.07, 6.45) is 4.18. The van der Waals surface area contributed by atoms with Gasteiger partial charge in [0.05, 0.1) is 0 Å². The van der Waals surface area contributed by atoms with E-state index in [-0.39, 0.29) is 0 Å². The van der Waals surface area contributed by atoms with Crippen molar-refractivity contribution >= 4 is 17.4 Å². The quantitative estimate of drug-likeness (QED) is 0.741. The topological polar surface area (TPSA) is 29.0 Å². The monoisotopic (exact) mass is 225 g/mol. The molecule has 1 fully saturated rings. The van der Waals surface area contributed by atoms with Crippen LogP contribution >= 0.6 is 11.6 Å². The van der Waals surface area contributed by atoms with Gasteiger partial charge in [-0.2, -0.15) is 0 Å². The van der Waals surface area contributed by atoms with E-state index in [1.54, 1.807) is 6.20 Å². The highest BCUT2D eigenvalue weighted by molar-refractivity contribution is 6.28. The molecule has 0 N–H and O–H groups in total. The number of rotatable bonds is 3. The van der Waals surface area contributed by atoms with E-state index in [2.05, 4.69) is 28.7 Å². The van der Waals surface area contributed by atoms with Gasteiger partial charge < -0.3 is 4.90 Å². The molecule has 0 saturated carbocycles. The molecule has 0 atom stereocenters. The molecule has 0 unspecified atom stereocenters. The smallest absolute Gasteiger partial charge is 0.224 e. The van der Waals surface area contributed by atoms with E-state index in [0.29, 0.717) is 10.7 Å². The van der Waals surface area contributed by atoms with E-state index in [0.717, 1.165) is 18.9 Å². The average molecular weight is 226 g/mol. The van der Waals surface area contributed by atoms with Crippen molar-refractivity contribution in [2.45, 2.75) is 26.7 Å². The largest absolute Gasteiger partial charge is 0.355 e. The number of hydrogen-bond acceptors (Lipinski definition) is 3. The van der Waals surface area contributed by atoms with E-state index in [1.807, 2.05) is 6.07 Å². The van der Waals surface area contributed by atoms with Crippen LogP contribution < -0.4 is 4.90 Å². The predicted octanol–water partition coefficient (Wildman–Crippen LogP) is 2.76. The van der Waals surface area contributed by atoms with Gasteiger partial charge in [-0.1, -0.05) is 13.8 Å². The second kappa shape index (κ2) is 3.97. The third-order valence-corrected chi connectivity index (χ3v) is 3.67. The lowest BCUT2D eigenvalue weighted by Gasteiger charge is -2.50. The minimum Gasteiger partial charge on any atom is -0.355 e. The lowest BCUT2D eigenvalue weighted by Crippen LogP contribution is -2.56. The molecule has 15 heavy (non-hydrogen) atoms. The summed E-state index contributed by atoms with van der Waals surface area (Å²) in [7, 11) is 0. The Hall–Kier alpha value is -0.830. The molecule has 2 heterocycles. The Morgan fingerprint density at radius 1 is 1.40 bits per heavy atom. The molecule has 1 aromatic rings. The van der Waals surface area contributed by atoms with Crippen molar-refractivity contribution in [3.63, 3.8) is 0 Å². The molecule has 1 aliphatic rings. The van der Waals surface area contributed by atoms with E-state index >= 15 is 0 Å². The number of hydrogen-bond donors (Lipinski definition) is 0. The van der Waals surface area contributed by atoms with Crippen LogP contribution in [0.25, 0.3) is 0 Å². The van der Waals surface area contributed by atoms with Gasteiger partial charge in [-0.3, -0.25) is 0 Å². The van der Waals surface area contributed by atoms with E-state index < -0.39 is 0 Å². The first-order chi connectivity index (χ1) is 7.19. The van der Waals surface area contributed by atoms with Gasteiger partial charge in [0.15, 0.2) is 0 Å². The Morgan fingerprint density at radius 2 is 2.07 bits per heavy atom. The summed E-state index contributed by atoms with van der Waals surface area (Å²) in [5, 5.41) is 0.331. The zero-order valence-electron chi connectivity index (χ0n) is 9.20. The predicted molar refractivity (Wildman–Crippen MR) is 62.3 cm³/mol. The molecule has 0 aliphatic carbocycles. The average Bonchev–Trinajstić information content (AvgIpc) is 2.18. The van der Waals surface area contributed by atoms with E-state index in [9.17, 15) is 0 Å². The normalized spacial score (nSPS) is 18.7. The SMILES string of the molecule is CCC1(CC)CN(c2ccnc(Cl)n2)C1. The van der Waals surface area contributed by atoms with Crippen molar-refractivity contribution in [2.75, 3.05) is 18.0 Å². The first kappa shape index (κ1) is 10.7. The Balaban J connectivity index is 2.05. The van der Waals surface area contributed by atoms with Gasteiger partial charge >= 0.3 is 0 Å². The number of halogens is 1. The van der Waals surface area contributed by atoms with Gasteiger partial charge in [0.1, 0.15) is 5.82 Å². The zero-order chi connectivity index (χ0) is 10.9. The van der Waals surface area contributed by atoms with Gasteiger partial charge in [-0.25, -0.2) is 9.97 Å². The molecule has 2 rings (SSSR count). The fourth-order valence-electron chi connectivity index (χ4n) is 2.12. The van der Waals surface area contributed by atoms with Crippen LogP contribution in [0.4, 0.5) is 5.82 Å². The molecule has 1 saturated heterocycles.